The Morgan fingerprint density at radius 3 is 3.00 bits per heavy atom. The summed E-state index contributed by atoms with van der Waals surface area (Å²) in [6.07, 6.45) is 0.0478. The maximum Gasteiger partial charge on any atom is 0.419 e. The molecule has 12 heavy (non-hydrogen) atoms. The van der Waals surface area contributed by atoms with Gasteiger partial charge in [0.1, 0.15) is 0 Å². The predicted octanol–water partition coefficient (Wildman–Crippen LogP) is -0.243. The molecule has 1 heterocycles. The molecule has 1 amide bonds. The second kappa shape index (κ2) is 4.27. The average molecular weight is 173 g/mol. The number of hydrogen-bond acceptors (Lipinski definition) is 3. The van der Waals surface area contributed by atoms with Gasteiger partial charge in [-0.05, 0) is 18.9 Å². The first-order chi connectivity index (χ1) is 5.70. The van der Waals surface area contributed by atoms with Crippen LogP contribution in [0.4, 0.5) is 4.79 Å². The molecule has 0 radical (unpaired) electrons. The quantitative estimate of drug-likeness (QED) is 0.435. The molecule has 0 bridgehead atoms. The summed E-state index contributed by atoms with van der Waals surface area (Å²) in [5.41, 5.74) is 4.93. The number of nitrogens with one attached hydrogen (secondary N) is 3. The topological polar surface area (TPSA) is 73.4 Å². The predicted molar refractivity (Wildman–Crippen MR) is 44.7 cm³/mol. The van der Waals surface area contributed by atoms with E-state index in [4.69, 9.17) is 5.11 Å². The van der Waals surface area contributed by atoms with Gasteiger partial charge < -0.3 is 10.4 Å². The van der Waals surface area contributed by atoms with Gasteiger partial charge >= 0.3 is 6.09 Å². The summed E-state index contributed by atoms with van der Waals surface area (Å²) < 4.78 is 0. The molecule has 5 nitrogen and oxygen atoms in total. The van der Waals surface area contributed by atoms with Crippen LogP contribution in [0.2, 0.25) is 0 Å². The van der Waals surface area contributed by atoms with Crippen molar-refractivity contribution >= 4 is 6.09 Å². The van der Waals surface area contributed by atoms with Gasteiger partial charge in [-0.15, -0.1) is 0 Å². The van der Waals surface area contributed by atoms with Crippen LogP contribution in [0.25, 0.3) is 0 Å². The molecule has 0 aromatic heterocycles. The Hall–Kier alpha value is -0.810. The minimum Gasteiger partial charge on any atom is -0.464 e. The van der Waals surface area contributed by atoms with Gasteiger partial charge in [-0.2, -0.15) is 0 Å². The Labute approximate surface area is 71.5 Å². The molecule has 2 atom stereocenters. The van der Waals surface area contributed by atoms with Gasteiger partial charge in [0.05, 0.1) is 0 Å². The summed E-state index contributed by atoms with van der Waals surface area (Å²) in [7, 11) is 0. The molecule has 0 aliphatic carbocycles. The van der Waals surface area contributed by atoms with Crippen LogP contribution >= 0.6 is 0 Å². The van der Waals surface area contributed by atoms with E-state index in [2.05, 4.69) is 23.1 Å². The van der Waals surface area contributed by atoms with E-state index in [0.717, 1.165) is 19.5 Å². The van der Waals surface area contributed by atoms with Crippen LogP contribution in [-0.2, 0) is 0 Å². The lowest BCUT2D eigenvalue weighted by Crippen LogP contribution is -2.54. The number of carboxylic acid groups (broad SMARTS) is 1. The summed E-state index contributed by atoms with van der Waals surface area (Å²) >= 11 is 0. The van der Waals surface area contributed by atoms with Gasteiger partial charge in [-0.1, -0.05) is 6.92 Å². The largest absolute Gasteiger partial charge is 0.464 e. The number of amides is 1. The van der Waals surface area contributed by atoms with Crippen molar-refractivity contribution in [2.75, 3.05) is 13.1 Å². The van der Waals surface area contributed by atoms with Crippen molar-refractivity contribution in [3.05, 3.63) is 0 Å². The molecular formula is C7H15N3O2. The number of carbonyl (C=O) groups is 1. The molecule has 5 heteroatoms. The fraction of sp³-hybridized carbons (Fsp3) is 0.857. The first-order valence-electron chi connectivity index (χ1n) is 4.15. The molecule has 0 aromatic carbocycles. The van der Waals surface area contributed by atoms with Gasteiger partial charge in [-0.3, -0.25) is 5.43 Å². The molecule has 1 saturated heterocycles. The van der Waals surface area contributed by atoms with E-state index in [1.165, 1.54) is 0 Å². The number of hydrazine groups is 1. The fourth-order valence-corrected chi connectivity index (χ4v) is 1.34. The maximum atomic E-state index is 10.2. The maximum absolute atomic E-state index is 10.2. The van der Waals surface area contributed by atoms with E-state index < -0.39 is 6.09 Å². The summed E-state index contributed by atoms with van der Waals surface area (Å²) in [5, 5.41) is 11.5. The van der Waals surface area contributed by atoms with Gasteiger partial charge in [0.15, 0.2) is 0 Å². The van der Waals surface area contributed by atoms with Crippen LogP contribution in [0.3, 0.4) is 0 Å². The zero-order chi connectivity index (χ0) is 8.97. The molecule has 0 spiro atoms. The second-order valence-electron chi connectivity index (χ2n) is 3.15. The minimum atomic E-state index is -1.03. The summed E-state index contributed by atoms with van der Waals surface area (Å²) in [5.74, 6) is 0.512. The lowest BCUT2D eigenvalue weighted by molar-refractivity contribution is 0.179. The summed E-state index contributed by atoms with van der Waals surface area (Å²) in [4.78, 5) is 10.2. The van der Waals surface area contributed by atoms with Crippen LogP contribution in [-0.4, -0.2) is 30.3 Å². The molecule has 1 fully saturated rings. The van der Waals surface area contributed by atoms with E-state index in [1.54, 1.807) is 0 Å². The highest BCUT2D eigenvalue weighted by Gasteiger charge is 2.20. The van der Waals surface area contributed by atoms with Crippen LogP contribution < -0.4 is 16.2 Å². The van der Waals surface area contributed by atoms with Crippen LogP contribution in [0.15, 0.2) is 0 Å². The van der Waals surface area contributed by atoms with Gasteiger partial charge in [0.2, 0.25) is 0 Å². The molecular weight excluding hydrogens is 158 g/mol. The third-order valence-electron chi connectivity index (χ3n) is 2.19. The highest BCUT2D eigenvalue weighted by molar-refractivity contribution is 5.63. The van der Waals surface area contributed by atoms with Crippen molar-refractivity contribution in [1.29, 1.82) is 0 Å². The van der Waals surface area contributed by atoms with Crippen molar-refractivity contribution in [2.45, 2.75) is 19.4 Å². The van der Waals surface area contributed by atoms with E-state index in [9.17, 15) is 4.79 Å². The normalized spacial score (nSPS) is 29.8. The third kappa shape index (κ3) is 2.67. The Balaban J connectivity index is 2.24. The summed E-state index contributed by atoms with van der Waals surface area (Å²) in [6.45, 7) is 3.95. The van der Waals surface area contributed by atoms with Crippen molar-refractivity contribution in [3.8, 4) is 0 Å². The first kappa shape index (κ1) is 9.28. The van der Waals surface area contributed by atoms with Crippen molar-refractivity contribution in [2.24, 2.45) is 5.92 Å². The Bertz CT molecular complexity index is 163. The molecule has 0 aromatic rings. The zero-order valence-electron chi connectivity index (χ0n) is 7.13. The zero-order valence-corrected chi connectivity index (χ0v) is 7.13. The van der Waals surface area contributed by atoms with Crippen LogP contribution in [0.1, 0.15) is 13.3 Å². The van der Waals surface area contributed by atoms with E-state index >= 15 is 0 Å². The van der Waals surface area contributed by atoms with Gasteiger partial charge in [0, 0.05) is 12.6 Å². The molecule has 1 rings (SSSR count). The molecule has 2 unspecified atom stereocenters. The monoisotopic (exact) mass is 173 g/mol. The van der Waals surface area contributed by atoms with Gasteiger partial charge in [0.25, 0.3) is 0 Å². The molecule has 1 aliphatic rings. The molecule has 70 valence electrons. The Morgan fingerprint density at radius 1 is 1.67 bits per heavy atom. The third-order valence-corrected chi connectivity index (χ3v) is 2.19. The van der Waals surface area contributed by atoms with E-state index in [1.807, 2.05) is 0 Å². The highest BCUT2D eigenvalue weighted by Crippen LogP contribution is 2.09. The van der Waals surface area contributed by atoms with Crippen molar-refractivity contribution < 1.29 is 9.90 Å². The number of rotatable bonds is 2. The SMILES string of the molecule is CC1CCNCC1NNC(=O)O. The molecule has 1 aliphatic heterocycles. The van der Waals surface area contributed by atoms with Crippen LogP contribution in [0.5, 0.6) is 0 Å². The van der Waals surface area contributed by atoms with Crippen LogP contribution in [0, 0.1) is 5.92 Å². The standard InChI is InChI=1S/C7H15N3O2/c1-5-2-3-8-4-6(5)9-10-7(11)12/h5-6,8-10H,2-4H2,1H3,(H,11,12). The Kier molecular flexibility index (Phi) is 3.31. The molecule has 4 N–H and O–H groups in total. The van der Waals surface area contributed by atoms with E-state index in [-0.39, 0.29) is 6.04 Å². The average Bonchev–Trinajstić information content (AvgIpc) is 2.03. The smallest absolute Gasteiger partial charge is 0.419 e. The van der Waals surface area contributed by atoms with Crippen molar-refractivity contribution in [1.82, 2.24) is 16.2 Å². The molecule has 0 saturated carbocycles. The minimum absolute atomic E-state index is 0.204. The number of piperidine rings is 1. The van der Waals surface area contributed by atoms with Gasteiger partial charge in [-0.25, -0.2) is 10.2 Å². The lowest BCUT2D eigenvalue weighted by atomic mass is 9.95. The number of hydrogen-bond donors (Lipinski definition) is 4. The van der Waals surface area contributed by atoms with Crippen molar-refractivity contribution in [3.63, 3.8) is 0 Å². The fourth-order valence-electron chi connectivity index (χ4n) is 1.34. The lowest BCUT2D eigenvalue weighted by Gasteiger charge is -2.29. The summed E-state index contributed by atoms with van der Waals surface area (Å²) in [6, 6.07) is 0.204. The second-order valence-corrected chi connectivity index (χ2v) is 3.15. The Morgan fingerprint density at radius 2 is 2.42 bits per heavy atom. The highest BCUT2D eigenvalue weighted by atomic mass is 16.4. The first-order valence-corrected chi connectivity index (χ1v) is 4.15. The van der Waals surface area contributed by atoms with E-state index in [0.29, 0.717) is 5.92 Å².